The molecule has 1 aliphatic rings. The molecule has 3 aromatic rings. The summed E-state index contributed by atoms with van der Waals surface area (Å²) in [6.45, 7) is 0. The summed E-state index contributed by atoms with van der Waals surface area (Å²) in [7, 11) is 0. The fraction of sp³-hybridized carbons (Fsp3) is 0. The maximum Gasteiger partial charge on any atom is 0.151 e. The van der Waals surface area contributed by atoms with Crippen molar-refractivity contribution in [1.82, 2.24) is 4.98 Å². The normalized spacial score (nSPS) is 12.7. The first-order valence-corrected chi connectivity index (χ1v) is 8.51. The maximum absolute atomic E-state index is 4.62. The molecule has 4 rings (SSSR count). The second kappa shape index (κ2) is 5.35. The van der Waals surface area contributed by atoms with Gasteiger partial charge in [-0.2, -0.15) is 0 Å². The van der Waals surface area contributed by atoms with Crippen LogP contribution < -0.4 is 4.90 Å². The second-order valence-corrected chi connectivity index (χ2v) is 6.93. The van der Waals surface area contributed by atoms with Gasteiger partial charge in [-0.05, 0) is 59.0 Å². The molecule has 0 unspecified atom stereocenters. The molecule has 4 heteroatoms. The van der Waals surface area contributed by atoms with Crippen molar-refractivity contribution < 1.29 is 0 Å². The molecule has 2 heterocycles. The highest BCUT2D eigenvalue weighted by atomic mass is 127. The molecule has 0 bridgehead atoms. The third-order valence-electron chi connectivity index (χ3n) is 3.38. The van der Waals surface area contributed by atoms with E-state index in [1.807, 2.05) is 12.3 Å². The molecule has 0 N–H and O–H groups in total. The second-order valence-electron chi connectivity index (χ2n) is 4.68. The van der Waals surface area contributed by atoms with Gasteiger partial charge in [-0.15, -0.1) is 0 Å². The molecule has 0 fully saturated rings. The standard InChI is InChI=1S/C17H11IN2S/c18-12-6-1-2-7-13(12)20-14-8-3-4-9-15(14)21-16-10-5-11-19-17(16)20/h1-11H. The van der Waals surface area contributed by atoms with Gasteiger partial charge >= 0.3 is 0 Å². The van der Waals surface area contributed by atoms with Gasteiger partial charge in [-0.25, -0.2) is 4.98 Å². The van der Waals surface area contributed by atoms with E-state index in [0.29, 0.717) is 0 Å². The number of nitrogens with zero attached hydrogens (tertiary/aromatic N) is 2. The smallest absolute Gasteiger partial charge is 0.151 e. The molecule has 102 valence electrons. The molecule has 0 amide bonds. The summed E-state index contributed by atoms with van der Waals surface area (Å²) in [4.78, 5) is 9.32. The first kappa shape index (κ1) is 13.2. The lowest BCUT2D eigenvalue weighted by Crippen LogP contribution is -2.17. The van der Waals surface area contributed by atoms with Gasteiger partial charge in [0.05, 0.1) is 16.3 Å². The van der Waals surface area contributed by atoms with Gasteiger partial charge in [0.25, 0.3) is 0 Å². The maximum atomic E-state index is 4.62. The fourth-order valence-electron chi connectivity index (χ4n) is 2.47. The van der Waals surface area contributed by atoms with Crippen LogP contribution in [0.4, 0.5) is 17.2 Å². The van der Waals surface area contributed by atoms with Crippen LogP contribution in [0.1, 0.15) is 0 Å². The number of hydrogen-bond acceptors (Lipinski definition) is 3. The van der Waals surface area contributed by atoms with Crippen molar-refractivity contribution in [1.29, 1.82) is 0 Å². The van der Waals surface area contributed by atoms with E-state index in [1.165, 1.54) is 24.7 Å². The minimum Gasteiger partial charge on any atom is -0.292 e. The number of hydrogen-bond donors (Lipinski definition) is 0. The zero-order valence-corrected chi connectivity index (χ0v) is 14.0. The predicted molar refractivity (Wildman–Crippen MR) is 95.8 cm³/mol. The molecule has 0 saturated carbocycles. The van der Waals surface area contributed by atoms with E-state index in [0.717, 1.165) is 5.82 Å². The van der Waals surface area contributed by atoms with Crippen molar-refractivity contribution in [2.24, 2.45) is 0 Å². The molecule has 21 heavy (non-hydrogen) atoms. The van der Waals surface area contributed by atoms with Crippen LogP contribution in [-0.4, -0.2) is 4.98 Å². The number of halogens is 1. The van der Waals surface area contributed by atoms with Crippen LogP contribution in [-0.2, 0) is 0 Å². The summed E-state index contributed by atoms with van der Waals surface area (Å²) in [6, 6.07) is 21.0. The third-order valence-corrected chi connectivity index (χ3v) is 5.40. The number of pyridine rings is 1. The molecule has 2 aromatic carbocycles. The van der Waals surface area contributed by atoms with E-state index < -0.39 is 0 Å². The van der Waals surface area contributed by atoms with E-state index in [4.69, 9.17) is 0 Å². The minimum absolute atomic E-state index is 1.00. The summed E-state index contributed by atoms with van der Waals surface area (Å²) >= 11 is 4.16. The number of rotatable bonds is 1. The lowest BCUT2D eigenvalue weighted by molar-refractivity contribution is 1.08. The fourth-order valence-corrected chi connectivity index (χ4v) is 4.13. The summed E-state index contributed by atoms with van der Waals surface area (Å²) in [5.74, 6) is 1.00. The average Bonchev–Trinajstić information content (AvgIpc) is 2.53. The first-order valence-electron chi connectivity index (χ1n) is 6.61. The molecule has 2 nitrogen and oxygen atoms in total. The third kappa shape index (κ3) is 2.22. The highest BCUT2D eigenvalue weighted by molar-refractivity contribution is 14.1. The topological polar surface area (TPSA) is 16.1 Å². The summed E-state index contributed by atoms with van der Waals surface area (Å²) in [5, 5.41) is 0. The Hall–Kier alpha value is -1.53. The Kier molecular flexibility index (Phi) is 3.35. The van der Waals surface area contributed by atoms with E-state index in [-0.39, 0.29) is 0 Å². The van der Waals surface area contributed by atoms with E-state index in [1.54, 1.807) is 11.8 Å². The Balaban J connectivity index is 2.00. The molecule has 0 atom stereocenters. The van der Waals surface area contributed by atoms with Gasteiger partial charge in [0.15, 0.2) is 5.82 Å². The zero-order chi connectivity index (χ0) is 14.2. The lowest BCUT2D eigenvalue weighted by atomic mass is 10.2. The Bertz CT molecular complexity index is 758. The quantitative estimate of drug-likeness (QED) is 0.385. The Labute approximate surface area is 141 Å². The SMILES string of the molecule is Ic1ccccc1N1c2ccccc2Sc2cccnc21. The summed E-state index contributed by atoms with van der Waals surface area (Å²) < 4.78 is 1.22. The van der Waals surface area contributed by atoms with Crippen molar-refractivity contribution in [2.45, 2.75) is 9.79 Å². The molecular weight excluding hydrogens is 391 g/mol. The van der Waals surface area contributed by atoms with Gasteiger partial charge < -0.3 is 0 Å². The van der Waals surface area contributed by atoms with Crippen molar-refractivity contribution in [3.8, 4) is 0 Å². The Morgan fingerprint density at radius 2 is 1.52 bits per heavy atom. The van der Waals surface area contributed by atoms with E-state index >= 15 is 0 Å². The molecule has 0 radical (unpaired) electrons. The van der Waals surface area contributed by atoms with Crippen LogP contribution in [0.25, 0.3) is 0 Å². The largest absolute Gasteiger partial charge is 0.292 e. The predicted octanol–water partition coefficient (Wildman–Crippen LogP) is 5.62. The number of anilines is 3. The number of fused-ring (bicyclic) bond motifs is 2. The average molecular weight is 402 g/mol. The number of benzene rings is 2. The van der Waals surface area contributed by atoms with Crippen LogP contribution >= 0.6 is 34.4 Å². The summed E-state index contributed by atoms with van der Waals surface area (Å²) in [5.41, 5.74) is 2.36. The van der Waals surface area contributed by atoms with E-state index in [9.17, 15) is 0 Å². The van der Waals surface area contributed by atoms with Crippen LogP contribution in [0.3, 0.4) is 0 Å². The van der Waals surface area contributed by atoms with Crippen LogP contribution in [0.15, 0.2) is 76.7 Å². The van der Waals surface area contributed by atoms with Crippen molar-refractivity contribution in [3.63, 3.8) is 0 Å². The minimum atomic E-state index is 1.00. The van der Waals surface area contributed by atoms with Crippen LogP contribution in [0, 0.1) is 3.57 Å². The highest BCUT2D eigenvalue weighted by Crippen LogP contribution is 2.50. The Morgan fingerprint density at radius 1 is 0.810 bits per heavy atom. The summed E-state index contributed by atoms with van der Waals surface area (Å²) in [6.07, 6.45) is 1.86. The lowest BCUT2D eigenvalue weighted by Gasteiger charge is -2.32. The van der Waals surface area contributed by atoms with Crippen molar-refractivity contribution >= 4 is 51.5 Å². The van der Waals surface area contributed by atoms with Gasteiger partial charge in [-0.1, -0.05) is 36.0 Å². The van der Waals surface area contributed by atoms with Gasteiger partial charge in [-0.3, -0.25) is 4.90 Å². The molecule has 0 spiro atoms. The Morgan fingerprint density at radius 3 is 2.38 bits per heavy atom. The zero-order valence-electron chi connectivity index (χ0n) is 11.0. The first-order chi connectivity index (χ1) is 10.3. The van der Waals surface area contributed by atoms with Gasteiger partial charge in [0, 0.05) is 14.7 Å². The molecule has 1 aromatic heterocycles. The van der Waals surface area contributed by atoms with Crippen molar-refractivity contribution in [2.75, 3.05) is 4.90 Å². The van der Waals surface area contributed by atoms with Crippen LogP contribution in [0.5, 0.6) is 0 Å². The highest BCUT2D eigenvalue weighted by Gasteiger charge is 2.26. The van der Waals surface area contributed by atoms with Gasteiger partial charge in [0.1, 0.15) is 0 Å². The van der Waals surface area contributed by atoms with Crippen molar-refractivity contribution in [3.05, 3.63) is 70.4 Å². The number of aromatic nitrogens is 1. The molecule has 0 saturated heterocycles. The molecule has 0 aliphatic carbocycles. The number of para-hydroxylation sites is 2. The monoisotopic (exact) mass is 402 g/mol. The molecule has 1 aliphatic heterocycles. The van der Waals surface area contributed by atoms with Gasteiger partial charge in [0.2, 0.25) is 0 Å². The van der Waals surface area contributed by atoms with Crippen LogP contribution in [0.2, 0.25) is 0 Å². The molecular formula is C17H11IN2S. The van der Waals surface area contributed by atoms with E-state index in [2.05, 4.69) is 87.1 Å².